The molecule has 20 heavy (non-hydrogen) atoms. The Kier molecular flexibility index (Phi) is 6.34. The quantitative estimate of drug-likeness (QED) is 0.803. The molecule has 0 heterocycles. The van der Waals surface area contributed by atoms with Gasteiger partial charge in [0.15, 0.2) is 0 Å². The minimum atomic E-state index is -3.53. The molecule has 0 spiro atoms. The summed E-state index contributed by atoms with van der Waals surface area (Å²) in [6, 6.07) is 4.79. The Bertz CT molecular complexity index is 559. The van der Waals surface area contributed by atoms with Gasteiger partial charge in [0.05, 0.1) is 4.90 Å². The Morgan fingerprint density at radius 2 is 2.00 bits per heavy atom. The maximum absolute atomic E-state index is 12.2. The zero-order valence-corrected chi connectivity index (χ0v) is 14.5. The van der Waals surface area contributed by atoms with Crippen molar-refractivity contribution in [2.24, 2.45) is 0 Å². The SMILES string of the molecule is CNCc1ccc(S(=O)(=O)NCC(C)(C)SC)cc1Cl. The van der Waals surface area contributed by atoms with E-state index in [4.69, 9.17) is 11.6 Å². The van der Waals surface area contributed by atoms with Crippen LogP contribution in [0.2, 0.25) is 5.02 Å². The molecule has 1 aromatic carbocycles. The van der Waals surface area contributed by atoms with Crippen LogP contribution in [0.5, 0.6) is 0 Å². The lowest BCUT2D eigenvalue weighted by atomic mass is 10.2. The highest BCUT2D eigenvalue weighted by atomic mass is 35.5. The summed E-state index contributed by atoms with van der Waals surface area (Å²) in [5.74, 6) is 0. The number of rotatable bonds is 7. The summed E-state index contributed by atoms with van der Waals surface area (Å²) in [6.07, 6.45) is 1.96. The number of benzene rings is 1. The van der Waals surface area contributed by atoms with Gasteiger partial charge in [0, 0.05) is 22.9 Å². The van der Waals surface area contributed by atoms with Crippen molar-refractivity contribution in [3.8, 4) is 0 Å². The minimum Gasteiger partial charge on any atom is -0.316 e. The lowest BCUT2D eigenvalue weighted by Crippen LogP contribution is -2.36. The molecule has 1 aromatic rings. The van der Waals surface area contributed by atoms with Crippen molar-refractivity contribution >= 4 is 33.4 Å². The van der Waals surface area contributed by atoms with Crippen LogP contribution in [-0.4, -0.2) is 33.0 Å². The second-order valence-corrected chi connectivity index (χ2v) is 8.76. The van der Waals surface area contributed by atoms with Crippen molar-refractivity contribution in [1.29, 1.82) is 0 Å². The third-order valence-electron chi connectivity index (χ3n) is 2.94. The van der Waals surface area contributed by atoms with E-state index in [0.29, 0.717) is 18.1 Å². The summed E-state index contributed by atoms with van der Waals surface area (Å²) in [5.41, 5.74) is 0.873. The second-order valence-electron chi connectivity index (χ2n) is 5.07. The van der Waals surface area contributed by atoms with E-state index in [0.717, 1.165) is 5.56 Å². The van der Waals surface area contributed by atoms with Gasteiger partial charge in [0.1, 0.15) is 0 Å². The fourth-order valence-corrected chi connectivity index (χ4v) is 3.31. The van der Waals surface area contributed by atoms with Crippen molar-refractivity contribution in [3.05, 3.63) is 28.8 Å². The van der Waals surface area contributed by atoms with Crippen molar-refractivity contribution < 1.29 is 8.42 Å². The number of hydrogen-bond donors (Lipinski definition) is 2. The Hall–Kier alpha value is -0.270. The predicted octanol–water partition coefficient (Wildman–Crippen LogP) is 2.48. The maximum Gasteiger partial charge on any atom is 0.240 e. The highest BCUT2D eigenvalue weighted by molar-refractivity contribution is 8.00. The topological polar surface area (TPSA) is 58.2 Å². The van der Waals surface area contributed by atoms with Crippen LogP contribution in [0.4, 0.5) is 0 Å². The molecular formula is C13H21ClN2O2S2. The van der Waals surface area contributed by atoms with E-state index in [-0.39, 0.29) is 9.64 Å². The average Bonchev–Trinajstić information content (AvgIpc) is 2.39. The first kappa shape index (κ1) is 17.8. The van der Waals surface area contributed by atoms with Crippen molar-refractivity contribution in [1.82, 2.24) is 10.0 Å². The van der Waals surface area contributed by atoms with Gasteiger partial charge in [0.25, 0.3) is 0 Å². The summed E-state index contributed by atoms with van der Waals surface area (Å²) < 4.78 is 26.9. The van der Waals surface area contributed by atoms with Crippen LogP contribution < -0.4 is 10.0 Å². The van der Waals surface area contributed by atoms with Gasteiger partial charge in [0.2, 0.25) is 10.0 Å². The van der Waals surface area contributed by atoms with Crippen LogP contribution >= 0.6 is 23.4 Å². The van der Waals surface area contributed by atoms with Gasteiger partial charge in [-0.15, -0.1) is 0 Å². The van der Waals surface area contributed by atoms with Crippen LogP contribution in [0.25, 0.3) is 0 Å². The minimum absolute atomic E-state index is 0.150. The number of nitrogens with one attached hydrogen (secondary N) is 2. The molecule has 4 nitrogen and oxygen atoms in total. The van der Waals surface area contributed by atoms with E-state index in [1.54, 1.807) is 23.9 Å². The molecule has 0 atom stereocenters. The van der Waals surface area contributed by atoms with Crippen LogP contribution in [-0.2, 0) is 16.6 Å². The fraction of sp³-hybridized carbons (Fsp3) is 0.538. The molecule has 0 fully saturated rings. The Labute approximate surface area is 130 Å². The summed E-state index contributed by atoms with van der Waals surface area (Å²) in [4.78, 5) is 0.194. The Morgan fingerprint density at radius 1 is 1.35 bits per heavy atom. The first-order valence-electron chi connectivity index (χ1n) is 6.20. The molecule has 0 aromatic heterocycles. The van der Waals surface area contributed by atoms with Gasteiger partial charge < -0.3 is 5.32 Å². The van der Waals surface area contributed by atoms with E-state index < -0.39 is 10.0 Å². The fourth-order valence-electron chi connectivity index (χ4n) is 1.45. The van der Waals surface area contributed by atoms with Crippen LogP contribution in [0, 0.1) is 0 Å². The molecule has 0 aliphatic rings. The molecule has 0 aliphatic carbocycles. The number of hydrogen-bond acceptors (Lipinski definition) is 4. The molecule has 114 valence electrons. The maximum atomic E-state index is 12.2. The number of sulfonamides is 1. The van der Waals surface area contributed by atoms with Gasteiger partial charge in [-0.05, 0) is 44.8 Å². The Morgan fingerprint density at radius 3 is 2.50 bits per heavy atom. The number of thioether (sulfide) groups is 1. The molecule has 7 heteroatoms. The van der Waals surface area contributed by atoms with Crippen LogP contribution in [0.15, 0.2) is 23.1 Å². The predicted molar refractivity (Wildman–Crippen MR) is 87.0 cm³/mol. The highest BCUT2D eigenvalue weighted by Gasteiger charge is 2.21. The monoisotopic (exact) mass is 336 g/mol. The summed E-state index contributed by atoms with van der Waals surface area (Å²) >= 11 is 7.71. The van der Waals surface area contributed by atoms with Gasteiger partial charge in [-0.1, -0.05) is 17.7 Å². The lowest BCUT2D eigenvalue weighted by molar-refractivity contribution is 0.570. The first-order chi connectivity index (χ1) is 9.22. The summed E-state index contributed by atoms with van der Waals surface area (Å²) in [5, 5.41) is 3.43. The molecule has 0 radical (unpaired) electrons. The van der Waals surface area contributed by atoms with Gasteiger partial charge in [-0.25, -0.2) is 13.1 Å². The summed E-state index contributed by atoms with van der Waals surface area (Å²) in [6.45, 7) is 4.95. The zero-order valence-electron chi connectivity index (χ0n) is 12.2. The van der Waals surface area contributed by atoms with Gasteiger partial charge in [-0.2, -0.15) is 11.8 Å². The summed E-state index contributed by atoms with van der Waals surface area (Å²) in [7, 11) is -1.71. The number of halogens is 1. The van der Waals surface area contributed by atoms with Gasteiger partial charge in [-0.3, -0.25) is 0 Å². The first-order valence-corrected chi connectivity index (χ1v) is 9.28. The van der Waals surface area contributed by atoms with Gasteiger partial charge >= 0.3 is 0 Å². The lowest BCUT2D eigenvalue weighted by Gasteiger charge is -2.22. The highest BCUT2D eigenvalue weighted by Crippen LogP contribution is 2.23. The third-order valence-corrected chi connectivity index (χ3v) is 5.94. The van der Waals surface area contributed by atoms with Crippen molar-refractivity contribution in [3.63, 3.8) is 0 Å². The standard InChI is InChI=1S/C13H21ClN2O2S2/c1-13(2,19-4)9-16-20(17,18)11-6-5-10(8-15-3)12(14)7-11/h5-7,15-16H,8-9H2,1-4H3. The molecule has 0 bridgehead atoms. The smallest absolute Gasteiger partial charge is 0.240 e. The molecule has 0 amide bonds. The molecule has 0 unspecified atom stereocenters. The molecule has 0 saturated carbocycles. The van der Waals surface area contributed by atoms with Crippen molar-refractivity contribution in [2.75, 3.05) is 19.8 Å². The normalized spacial score (nSPS) is 12.7. The van der Waals surface area contributed by atoms with E-state index in [1.165, 1.54) is 6.07 Å². The van der Waals surface area contributed by atoms with Crippen LogP contribution in [0.1, 0.15) is 19.4 Å². The van der Waals surface area contributed by atoms with Crippen molar-refractivity contribution in [2.45, 2.75) is 30.0 Å². The van der Waals surface area contributed by atoms with E-state index in [1.807, 2.05) is 27.2 Å². The molecular weight excluding hydrogens is 316 g/mol. The third kappa shape index (κ3) is 4.93. The average molecular weight is 337 g/mol. The van der Waals surface area contributed by atoms with E-state index in [2.05, 4.69) is 10.0 Å². The second kappa shape index (κ2) is 7.13. The molecule has 0 saturated heterocycles. The zero-order chi connectivity index (χ0) is 15.4. The van der Waals surface area contributed by atoms with E-state index >= 15 is 0 Å². The van der Waals surface area contributed by atoms with E-state index in [9.17, 15) is 8.42 Å². The molecule has 1 rings (SSSR count). The largest absolute Gasteiger partial charge is 0.316 e. The van der Waals surface area contributed by atoms with Crippen LogP contribution in [0.3, 0.4) is 0 Å². The molecule has 0 aliphatic heterocycles. The molecule has 2 N–H and O–H groups in total. The Balaban J connectivity index is 2.91.